The monoisotopic (exact) mass is 363 g/mol. The molecule has 1 saturated heterocycles. The lowest BCUT2D eigenvalue weighted by Crippen LogP contribution is -2.51. The lowest BCUT2D eigenvalue weighted by molar-refractivity contribution is -0.135. The Bertz CT molecular complexity index is 641. The van der Waals surface area contributed by atoms with Crippen molar-refractivity contribution in [1.29, 1.82) is 0 Å². The van der Waals surface area contributed by atoms with E-state index in [0.717, 1.165) is 0 Å². The normalized spacial score (nSPS) is 13.9. The molecule has 0 saturated carbocycles. The van der Waals surface area contributed by atoms with Crippen molar-refractivity contribution >= 4 is 23.6 Å². The van der Waals surface area contributed by atoms with Crippen molar-refractivity contribution in [3.8, 4) is 5.75 Å². The van der Waals surface area contributed by atoms with E-state index in [1.54, 1.807) is 34.9 Å². The van der Waals surface area contributed by atoms with Gasteiger partial charge in [0.05, 0.1) is 18.9 Å². The Kier molecular flexibility index (Phi) is 7.25. The summed E-state index contributed by atoms with van der Waals surface area (Å²) in [5.74, 6) is -0.0891. The summed E-state index contributed by atoms with van der Waals surface area (Å²) in [6.45, 7) is 6.00. The predicted octanol–water partition coefficient (Wildman–Crippen LogP) is 1.71. The summed E-state index contributed by atoms with van der Waals surface area (Å²) in [5.41, 5.74) is 0.541. The lowest BCUT2D eigenvalue weighted by Gasteiger charge is -2.34. The van der Waals surface area contributed by atoms with Crippen LogP contribution in [0.3, 0.4) is 0 Å². The molecule has 2 rings (SSSR count). The third-order valence-electron chi connectivity index (χ3n) is 3.93. The van der Waals surface area contributed by atoms with Crippen molar-refractivity contribution in [2.75, 3.05) is 44.7 Å². The minimum atomic E-state index is -0.394. The zero-order chi connectivity index (χ0) is 18.9. The van der Waals surface area contributed by atoms with E-state index in [2.05, 4.69) is 5.32 Å². The molecule has 0 aromatic heterocycles. The van der Waals surface area contributed by atoms with Crippen LogP contribution < -0.4 is 10.1 Å². The van der Waals surface area contributed by atoms with Gasteiger partial charge in [-0.15, -0.1) is 0 Å². The molecule has 1 fully saturated rings. The first-order chi connectivity index (χ1) is 12.5. The number of piperazine rings is 1. The number of amides is 3. The number of hydrogen-bond acceptors (Lipinski definition) is 5. The summed E-state index contributed by atoms with van der Waals surface area (Å²) in [5, 5.41) is 2.71. The minimum Gasteiger partial charge on any atom is -0.492 e. The summed E-state index contributed by atoms with van der Waals surface area (Å²) in [4.78, 5) is 39.3. The average molecular weight is 363 g/mol. The number of anilines is 1. The van der Waals surface area contributed by atoms with Crippen LogP contribution in [0, 0.1) is 0 Å². The molecule has 0 spiro atoms. The third-order valence-corrected chi connectivity index (χ3v) is 3.93. The van der Waals surface area contributed by atoms with Gasteiger partial charge in [-0.05, 0) is 26.0 Å². The van der Waals surface area contributed by atoms with E-state index in [1.807, 2.05) is 13.0 Å². The quantitative estimate of drug-likeness (QED) is 0.778. The number of nitrogens with one attached hydrogen (secondary N) is 1. The highest BCUT2D eigenvalue weighted by Gasteiger charge is 2.26. The van der Waals surface area contributed by atoms with Gasteiger partial charge in [0.15, 0.2) is 0 Å². The molecule has 8 heteroatoms. The number of nitrogens with zero attached hydrogens (tertiary/aromatic N) is 2. The predicted molar refractivity (Wildman–Crippen MR) is 96.0 cm³/mol. The van der Waals surface area contributed by atoms with Crippen molar-refractivity contribution in [3.05, 3.63) is 24.3 Å². The van der Waals surface area contributed by atoms with E-state index in [1.165, 1.54) is 0 Å². The number of para-hydroxylation sites is 2. The van der Waals surface area contributed by atoms with Crippen molar-refractivity contribution in [3.63, 3.8) is 0 Å². The van der Waals surface area contributed by atoms with Crippen LogP contribution in [-0.2, 0) is 14.3 Å². The third kappa shape index (κ3) is 5.37. The Morgan fingerprint density at radius 2 is 1.65 bits per heavy atom. The van der Waals surface area contributed by atoms with Gasteiger partial charge in [-0.3, -0.25) is 9.59 Å². The van der Waals surface area contributed by atoms with Gasteiger partial charge in [0.1, 0.15) is 12.2 Å². The van der Waals surface area contributed by atoms with Crippen LogP contribution in [0.2, 0.25) is 0 Å². The van der Waals surface area contributed by atoms with Crippen molar-refractivity contribution in [1.82, 2.24) is 9.80 Å². The van der Waals surface area contributed by atoms with Gasteiger partial charge in [0, 0.05) is 26.2 Å². The number of benzene rings is 1. The Labute approximate surface area is 153 Å². The smallest absolute Gasteiger partial charge is 0.409 e. The van der Waals surface area contributed by atoms with Crippen LogP contribution in [0.4, 0.5) is 10.5 Å². The number of hydrogen-bond donors (Lipinski definition) is 1. The number of ether oxygens (including phenoxy) is 2. The van der Waals surface area contributed by atoms with E-state index in [9.17, 15) is 14.4 Å². The fraction of sp³-hybridized carbons (Fsp3) is 0.500. The van der Waals surface area contributed by atoms with Crippen molar-refractivity contribution < 1.29 is 23.9 Å². The van der Waals surface area contributed by atoms with Crippen LogP contribution in [0.5, 0.6) is 5.75 Å². The maximum Gasteiger partial charge on any atom is 0.409 e. The highest BCUT2D eigenvalue weighted by Crippen LogP contribution is 2.23. The Morgan fingerprint density at radius 3 is 2.31 bits per heavy atom. The summed E-state index contributed by atoms with van der Waals surface area (Å²) in [7, 11) is 0. The lowest BCUT2D eigenvalue weighted by atomic mass is 10.2. The van der Waals surface area contributed by atoms with Gasteiger partial charge in [0.25, 0.3) is 0 Å². The van der Waals surface area contributed by atoms with E-state index in [-0.39, 0.29) is 18.4 Å². The Balaban J connectivity index is 1.83. The first-order valence-corrected chi connectivity index (χ1v) is 8.76. The second-order valence-electron chi connectivity index (χ2n) is 5.72. The first kappa shape index (κ1) is 19.6. The largest absolute Gasteiger partial charge is 0.492 e. The van der Waals surface area contributed by atoms with Crippen molar-refractivity contribution in [2.24, 2.45) is 0 Å². The van der Waals surface area contributed by atoms with Gasteiger partial charge in [-0.25, -0.2) is 4.79 Å². The average Bonchev–Trinajstić information content (AvgIpc) is 2.64. The van der Waals surface area contributed by atoms with Gasteiger partial charge >= 0.3 is 6.09 Å². The van der Waals surface area contributed by atoms with Gasteiger partial charge in [-0.1, -0.05) is 12.1 Å². The second kappa shape index (κ2) is 9.65. The molecule has 0 atom stereocenters. The SMILES string of the molecule is CCOC(=O)N1CCN(C(=O)CC(=O)Nc2ccccc2OCC)CC1. The molecule has 1 heterocycles. The maximum absolute atomic E-state index is 12.3. The first-order valence-electron chi connectivity index (χ1n) is 8.76. The molecule has 8 nitrogen and oxygen atoms in total. The summed E-state index contributed by atoms with van der Waals surface area (Å²) < 4.78 is 10.4. The summed E-state index contributed by atoms with van der Waals surface area (Å²) in [6, 6.07) is 7.09. The summed E-state index contributed by atoms with van der Waals surface area (Å²) in [6.07, 6.45) is -0.621. The molecule has 142 valence electrons. The fourth-order valence-corrected chi connectivity index (χ4v) is 2.65. The summed E-state index contributed by atoms with van der Waals surface area (Å²) >= 11 is 0. The topological polar surface area (TPSA) is 88.2 Å². The van der Waals surface area contributed by atoms with Gasteiger partial charge in [-0.2, -0.15) is 0 Å². The number of rotatable bonds is 6. The van der Waals surface area contributed by atoms with E-state index >= 15 is 0 Å². The molecule has 0 aliphatic carbocycles. The standard InChI is InChI=1S/C18H25N3O5/c1-3-25-15-8-6-5-7-14(15)19-16(22)13-17(23)20-9-11-21(12-10-20)18(24)26-4-2/h5-8H,3-4,9-13H2,1-2H3,(H,19,22). The highest BCUT2D eigenvalue weighted by atomic mass is 16.6. The second-order valence-corrected chi connectivity index (χ2v) is 5.72. The molecule has 0 radical (unpaired) electrons. The molecular weight excluding hydrogens is 338 g/mol. The van der Waals surface area contributed by atoms with Crippen LogP contribution >= 0.6 is 0 Å². The molecule has 26 heavy (non-hydrogen) atoms. The highest BCUT2D eigenvalue weighted by molar-refractivity contribution is 6.04. The van der Waals surface area contributed by atoms with Crippen LogP contribution in [-0.4, -0.2) is 67.1 Å². The van der Waals surface area contributed by atoms with Crippen molar-refractivity contribution in [2.45, 2.75) is 20.3 Å². The van der Waals surface area contributed by atoms with Gasteiger partial charge < -0.3 is 24.6 Å². The van der Waals surface area contributed by atoms with E-state index in [4.69, 9.17) is 9.47 Å². The Morgan fingerprint density at radius 1 is 1.00 bits per heavy atom. The molecule has 1 aromatic carbocycles. The van der Waals surface area contributed by atoms with Crippen LogP contribution in [0.1, 0.15) is 20.3 Å². The van der Waals surface area contributed by atoms with Gasteiger partial charge in [0.2, 0.25) is 11.8 Å². The number of carbonyl (C=O) groups excluding carboxylic acids is 3. The maximum atomic E-state index is 12.3. The molecule has 1 aliphatic heterocycles. The molecule has 0 unspecified atom stereocenters. The zero-order valence-electron chi connectivity index (χ0n) is 15.2. The Hall–Kier alpha value is -2.77. The minimum absolute atomic E-state index is 0.250. The molecule has 3 amide bonds. The molecular formula is C18H25N3O5. The molecule has 1 N–H and O–H groups in total. The fourth-order valence-electron chi connectivity index (χ4n) is 2.65. The molecule has 1 aliphatic rings. The van der Waals surface area contributed by atoms with E-state index in [0.29, 0.717) is 50.8 Å². The van der Waals surface area contributed by atoms with Crippen LogP contribution in [0.25, 0.3) is 0 Å². The number of carbonyl (C=O) groups is 3. The van der Waals surface area contributed by atoms with E-state index < -0.39 is 5.91 Å². The molecule has 0 bridgehead atoms. The molecule has 1 aromatic rings. The van der Waals surface area contributed by atoms with Crippen LogP contribution in [0.15, 0.2) is 24.3 Å². The zero-order valence-corrected chi connectivity index (χ0v) is 15.2.